The first kappa shape index (κ1) is 26.4. The van der Waals surface area contributed by atoms with Crippen molar-refractivity contribution >= 4 is 29.9 Å². The third-order valence-corrected chi connectivity index (χ3v) is 5.71. The minimum atomic E-state index is -4.31. The summed E-state index contributed by atoms with van der Waals surface area (Å²) in [5, 5.41) is 7.82. The molecule has 1 aromatic carbocycles. The van der Waals surface area contributed by atoms with Crippen molar-refractivity contribution in [1.82, 2.24) is 24.9 Å². The van der Waals surface area contributed by atoms with E-state index in [-0.39, 0.29) is 24.0 Å². The Labute approximate surface area is 204 Å². The van der Waals surface area contributed by atoms with Gasteiger partial charge in [-0.25, -0.2) is 4.99 Å². The summed E-state index contributed by atoms with van der Waals surface area (Å²) < 4.78 is 40.8. The molecule has 0 unspecified atom stereocenters. The van der Waals surface area contributed by atoms with Crippen molar-refractivity contribution in [2.45, 2.75) is 40.0 Å². The lowest BCUT2D eigenvalue weighted by molar-refractivity contribution is -0.137. The molecule has 0 radical (unpaired) electrons. The van der Waals surface area contributed by atoms with Crippen molar-refractivity contribution in [2.75, 3.05) is 32.7 Å². The molecule has 2 heterocycles. The van der Waals surface area contributed by atoms with E-state index in [2.05, 4.69) is 20.2 Å². The second kappa shape index (κ2) is 11.4. The van der Waals surface area contributed by atoms with E-state index in [0.717, 1.165) is 61.7 Å². The molecule has 1 aliphatic heterocycles. The lowest BCUT2D eigenvalue weighted by Gasteiger charge is -2.36. The van der Waals surface area contributed by atoms with Gasteiger partial charge < -0.3 is 10.2 Å². The van der Waals surface area contributed by atoms with Crippen LogP contribution in [0.3, 0.4) is 0 Å². The molecule has 0 saturated carbocycles. The van der Waals surface area contributed by atoms with Gasteiger partial charge in [0, 0.05) is 57.6 Å². The van der Waals surface area contributed by atoms with E-state index in [9.17, 15) is 13.2 Å². The predicted octanol–water partition coefficient (Wildman–Crippen LogP) is 3.96. The molecule has 0 atom stereocenters. The van der Waals surface area contributed by atoms with Crippen LogP contribution in [0.2, 0.25) is 0 Å². The van der Waals surface area contributed by atoms with E-state index in [0.29, 0.717) is 18.7 Å². The number of nitrogens with zero attached hydrogens (tertiary/aromatic N) is 5. The standard InChI is InChI=1S/C22H31F3N6.HI/c1-5-26-21(27-14-20-16(2)28-29(4)17(20)3)31-11-9-30(10-12-31)15-18-7-6-8-19(13-18)22(23,24)25;/h6-8,13H,5,9-12,14-15H2,1-4H3,(H,26,27);1H. The number of piperazine rings is 1. The van der Waals surface area contributed by atoms with Gasteiger partial charge in [-0.3, -0.25) is 9.58 Å². The van der Waals surface area contributed by atoms with Crippen LogP contribution < -0.4 is 5.32 Å². The van der Waals surface area contributed by atoms with Gasteiger partial charge >= 0.3 is 6.18 Å². The molecule has 0 amide bonds. The Morgan fingerprint density at radius 1 is 1.16 bits per heavy atom. The van der Waals surface area contributed by atoms with Gasteiger partial charge in [-0.2, -0.15) is 18.3 Å². The fraction of sp³-hybridized carbons (Fsp3) is 0.545. The fourth-order valence-electron chi connectivity index (χ4n) is 3.85. The quantitative estimate of drug-likeness (QED) is 0.340. The smallest absolute Gasteiger partial charge is 0.357 e. The zero-order valence-electron chi connectivity index (χ0n) is 19.0. The van der Waals surface area contributed by atoms with E-state index in [4.69, 9.17) is 4.99 Å². The molecular weight excluding hydrogens is 532 g/mol. The highest BCUT2D eigenvalue weighted by molar-refractivity contribution is 14.0. The van der Waals surface area contributed by atoms with Gasteiger partial charge in [0.25, 0.3) is 0 Å². The van der Waals surface area contributed by atoms with Crippen molar-refractivity contribution in [1.29, 1.82) is 0 Å². The summed E-state index contributed by atoms with van der Waals surface area (Å²) in [4.78, 5) is 9.23. The van der Waals surface area contributed by atoms with Gasteiger partial charge in [-0.05, 0) is 32.4 Å². The third-order valence-electron chi connectivity index (χ3n) is 5.71. The number of aliphatic imine (C=N–C) groups is 1. The number of halogens is 4. The van der Waals surface area contributed by atoms with E-state index in [1.807, 2.05) is 32.5 Å². The van der Waals surface area contributed by atoms with Crippen LogP contribution in [-0.4, -0.2) is 58.3 Å². The zero-order chi connectivity index (χ0) is 22.6. The normalized spacial score (nSPS) is 15.6. The predicted molar refractivity (Wildman–Crippen MR) is 131 cm³/mol. The largest absolute Gasteiger partial charge is 0.416 e. The Morgan fingerprint density at radius 2 is 1.84 bits per heavy atom. The first-order valence-corrected chi connectivity index (χ1v) is 10.6. The van der Waals surface area contributed by atoms with Gasteiger partial charge in [0.05, 0.1) is 17.8 Å². The molecule has 6 nitrogen and oxygen atoms in total. The first-order valence-electron chi connectivity index (χ1n) is 10.6. The van der Waals surface area contributed by atoms with Crippen molar-refractivity contribution in [3.05, 3.63) is 52.3 Å². The summed E-state index contributed by atoms with van der Waals surface area (Å²) >= 11 is 0. The van der Waals surface area contributed by atoms with Gasteiger partial charge in [0.15, 0.2) is 5.96 Å². The summed E-state index contributed by atoms with van der Waals surface area (Å²) in [6, 6.07) is 5.60. The van der Waals surface area contributed by atoms with E-state index >= 15 is 0 Å². The SMILES string of the molecule is CCNC(=NCc1c(C)nn(C)c1C)N1CCN(Cc2cccc(C(F)(F)F)c2)CC1.I. The molecule has 1 N–H and O–H groups in total. The molecule has 1 saturated heterocycles. The average molecular weight is 564 g/mol. The minimum absolute atomic E-state index is 0. The summed E-state index contributed by atoms with van der Waals surface area (Å²) in [6.45, 7) is 11.0. The van der Waals surface area contributed by atoms with Crippen LogP contribution in [0, 0.1) is 13.8 Å². The maximum atomic E-state index is 13.0. The van der Waals surface area contributed by atoms with Crippen LogP contribution in [0.5, 0.6) is 0 Å². The molecule has 0 aliphatic carbocycles. The number of aryl methyl sites for hydroxylation is 2. The molecule has 3 rings (SSSR count). The van der Waals surface area contributed by atoms with E-state index < -0.39 is 11.7 Å². The zero-order valence-corrected chi connectivity index (χ0v) is 21.4. The maximum Gasteiger partial charge on any atom is 0.416 e. The molecule has 1 aliphatic rings. The monoisotopic (exact) mass is 564 g/mol. The number of aromatic nitrogens is 2. The number of benzene rings is 1. The van der Waals surface area contributed by atoms with Crippen LogP contribution in [0.25, 0.3) is 0 Å². The number of hydrogen-bond donors (Lipinski definition) is 1. The lowest BCUT2D eigenvalue weighted by Crippen LogP contribution is -2.52. The number of nitrogens with one attached hydrogen (secondary N) is 1. The molecule has 178 valence electrons. The molecular formula is C22H32F3IN6. The van der Waals surface area contributed by atoms with Gasteiger partial charge in [0.2, 0.25) is 0 Å². The topological polar surface area (TPSA) is 48.7 Å². The van der Waals surface area contributed by atoms with Crippen LogP contribution >= 0.6 is 24.0 Å². The second-order valence-electron chi connectivity index (χ2n) is 7.90. The molecule has 2 aromatic rings. The molecule has 0 spiro atoms. The van der Waals surface area contributed by atoms with Crippen molar-refractivity contribution in [3.63, 3.8) is 0 Å². The number of alkyl halides is 3. The summed E-state index contributed by atoms with van der Waals surface area (Å²) in [6.07, 6.45) is -4.31. The number of hydrogen-bond acceptors (Lipinski definition) is 3. The van der Waals surface area contributed by atoms with Crippen LogP contribution in [0.1, 0.15) is 35.0 Å². The molecule has 32 heavy (non-hydrogen) atoms. The van der Waals surface area contributed by atoms with E-state index in [1.165, 1.54) is 12.1 Å². The van der Waals surface area contributed by atoms with Gasteiger partial charge in [-0.15, -0.1) is 24.0 Å². The molecule has 1 aromatic heterocycles. The number of rotatable bonds is 5. The summed E-state index contributed by atoms with van der Waals surface area (Å²) in [7, 11) is 1.93. The first-order chi connectivity index (χ1) is 14.7. The van der Waals surface area contributed by atoms with Gasteiger partial charge in [-0.1, -0.05) is 18.2 Å². The van der Waals surface area contributed by atoms with E-state index in [1.54, 1.807) is 6.07 Å². The number of guanidine groups is 1. The summed E-state index contributed by atoms with van der Waals surface area (Å²) in [5.41, 5.74) is 3.34. The molecule has 0 bridgehead atoms. The highest BCUT2D eigenvalue weighted by Crippen LogP contribution is 2.29. The van der Waals surface area contributed by atoms with Crippen molar-refractivity contribution < 1.29 is 13.2 Å². The Balaban J connectivity index is 0.00000363. The average Bonchev–Trinajstić information content (AvgIpc) is 2.97. The van der Waals surface area contributed by atoms with Crippen LogP contribution in [-0.2, 0) is 26.3 Å². The Bertz CT molecular complexity index is 917. The third kappa shape index (κ3) is 6.60. The van der Waals surface area contributed by atoms with Gasteiger partial charge in [0.1, 0.15) is 0 Å². The molecule has 10 heteroatoms. The van der Waals surface area contributed by atoms with Crippen LogP contribution in [0.15, 0.2) is 29.3 Å². The van der Waals surface area contributed by atoms with Crippen molar-refractivity contribution in [3.8, 4) is 0 Å². The van der Waals surface area contributed by atoms with Crippen LogP contribution in [0.4, 0.5) is 13.2 Å². The highest BCUT2D eigenvalue weighted by atomic mass is 127. The minimum Gasteiger partial charge on any atom is -0.357 e. The second-order valence-corrected chi connectivity index (χ2v) is 7.90. The lowest BCUT2D eigenvalue weighted by atomic mass is 10.1. The summed E-state index contributed by atoms with van der Waals surface area (Å²) in [5.74, 6) is 0.865. The highest BCUT2D eigenvalue weighted by Gasteiger charge is 2.30. The Hall–Kier alpha value is -1.82. The fourth-order valence-corrected chi connectivity index (χ4v) is 3.85. The maximum absolute atomic E-state index is 13.0. The van der Waals surface area contributed by atoms with Crippen molar-refractivity contribution in [2.24, 2.45) is 12.0 Å². The Kier molecular flexibility index (Phi) is 9.38. The molecule has 1 fully saturated rings. The Morgan fingerprint density at radius 3 is 2.41 bits per heavy atom.